The molecule has 0 N–H and O–H groups in total. The van der Waals surface area contributed by atoms with Crippen LogP contribution in [0.3, 0.4) is 0 Å². The Morgan fingerprint density at radius 3 is 2.26 bits per heavy atom. The fourth-order valence-electron chi connectivity index (χ4n) is 2.12. The monoisotopic (exact) mass is 352 g/mol. The molecule has 5 heteroatoms. The maximum atomic E-state index is 13.2. The molecule has 2 aromatic rings. The molecule has 106 valence electrons. The molecule has 2 rings (SSSR count). The molecule has 1 atom stereocenters. The molecule has 1 unspecified atom stereocenters. The van der Waals surface area contributed by atoms with Crippen LogP contribution in [0.5, 0.6) is 0 Å². The van der Waals surface area contributed by atoms with E-state index in [4.69, 9.17) is 0 Å². The lowest BCUT2D eigenvalue weighted by atomic mass is 10.1. The second-order valence-corrected chi connectivity index (χ2v) is 6.67. The smallest absolute Gasteiger partial charge is 0.600 e. The first kappa shape index (κ1) is 16.5. The van der Waals surface area contributed by atoms with Crippen LogP contribution in [-0.2, 0) is 11.9 Å². The Morgan fingerprint density at radius 1 is 1.16 bits per heavy atom. The van der Waals surface area contributed by atoms with Crippen LogP contribution in [0, 0.1) is 0 Å². The predicted octanol–water partition coefficient (Wildman–Crippen LogP) is 2.76. The van der Waals surface area contributed by atoms with Crippen molar-refractivity contribution in [2.45, 2.75) is 38.6 Å². The molecular formula is C14H16BrF3S. The van der Waals surface area contributed by atoms with Crippen molar-refractivity contribution in [3.8, 4) is 0 Å². The molecule has 1 aromatic carbocycles. The van der Waals surface area contributed by atoms with Gasteiger partial charge in [-0.3, -0.25) is 0 Å². The number of halogens is 4. The quantitative estimate of drug-likeness (QED) is 0.729. The highest BCUT2D eigenvalue weighted by Gasteiger charge is 2.48. The van der Waals surface area contributed by atoms with Crippen LogP contribution < -0.4 is 17.0 Å². The number of aryl methyl sites for hydroxylation is 1. The zero-order chi connectivity index (χ0) is 13.5. The zero-order valence-electron chi connectivity index (χ0n) is 11.0. The normalized spacial score (nSPS) is 12.9. The van der Waals surface area contributed by atoms with E-state index in [1.54, 1.807) is 12.1 Å². The topological polar surface area (TPSA) is 0 Å². The van der Waals surface area contributed by atoms with Gasteiger partial charge in [-0.1, -0.05) is 26.8 Å². The molecule has 0 aliphatic heterocycles. The number of benzene rings is 1. The van der Waals surface area contributed by atoms with E-state index in [9.17, 15) is 13.2 Å². The summed E-state index contributed by atoms with van der Waals surface area (Å²) in [4.78, 5) is 0.505. The highest BCUT2D eigenvalue weighted by atomic mass is 79.9. The Bertz CT molecular complexity index is 570. The minimum atomic E-state index is -4.17. The van der Waals surface area contributed by atoms with Gasteiger partial charge < -0.3 is 17.0 Å². The van der Waals surface area contributed by atoms with E-state index in [1.807, 2.05) is 32.9 Å². The first-order valence-electron chi connectivity index (χ1n) is 6.00. The first-order valence-corrected chi connectivity index (χ1v) is 7.22. The molecule has 0 radical (unpaired) electrons. The van der Waals surface area contributed by atoms with Crippen LogP contribution in [0.2, 0.25) is 0 Å². The van der Waals surface area contributed by atoms with Gasteiger partial charge in [-0.15, -0.1) is 13.2 Å². The maximum Gasteiger partial charge on any atom is 0.600 e. The molecule has 0 saturated carbocycles. The number of thiophene rings is 1. The van der Waals surface area contributed by atoms with E-state index < -0.39 is 16.0 Å². The Balaban J connectivity index is 0.00000180. The third kappa shape index (κ3) is 3.14. The number of hydrogen-bond donors (Lipinski definition) is 0. The van der Waals surface area contributed by atoms with Gasteiger partial charge in [-0.05, 0) is 24.1 Å². The third-order valence-corrected chi connectivity index (χ3v) is 5.37. The Labute approximate surface area is 124 Å². The van der Waals surface area contributed by atoms with E-state index in [2.05, 4.69) is 0 Å². The standard InChI is InChI=1S/C14H16F3S.BrH/c1-4-10-5-6-12-11(7-10)8-13(9(2)3)18(12)14(15,16)17;/h5-9H,4H2,1-3H3;1H/q+1;/p-1. The summed E-state index contributed by atoms with van der Waals surface area (Å²) in [5.41, 5.74) is -3.09. The summed E-state index contributed by atoms with van der Waals surface area (Å²) in [6.07, 6.45) is 0.845. The molecule has 0 nitrogen and oxygen atoms in total. The van der Waals surface area contributed by atoms with Gasteiger partial charge in [-0.25, -0.2) is 0 Å². The summed E-state index contributed by atoms with van der Waals surface area (Å²) < 4.78 is 40.0. The summed E-state index contributed by atoms with van der Waals surface area (Å²) in [5.74, 6) is -0.0764. The van der Waals surface area contributed by atoms with Crippen molar-refractivity contribution < 1.29 is 30.2 Å². The average Bonchev–Trinajstić information content (AvgIpc) is 2.66. The molecule has 0 spiro atoms. The van der Waals surface area contributed by atoms with E-state index in [0.717, 1.165) is 17.4 Å². The number of hydrogen-bond acceptors (Lipinski definition) is 0. The van der Waals surface area contributed by atoms with Gasteiger partial charge in [0.25, 0.3) is 0 Å². The van der Waals surface area contributed by atoms with Crippen LogP contribution >= 0.6 is 10.5 Å². The predicted molar refractivity (Wildman–Crippen MR) is 71.2 cm³/mol. The third-order valence-electron chi connectivity index (χ3n) is 3.04. The molecular weight excluding hydrogens is 337 g/mol. The zero-order valence-corrected chi connectivity index (χ0v) is 13.4. The van der Waals surface area contributed by atoms with E-state index in [1.165, 1.54) is 0 Å². The second kappa shape index (κ2) is 5.83. The largest absolute Gasteiger partial charge is 1.00 e. The fourth-order valence-corrected chi connectivity index (χ4v) is 4.16. The Hall–Kier alpha value is -0.550. The van der Waals surface area contributed by atoms with Crippen molar-refractivity contribution in [1.82, 2.24) is 0 Å². The highest BCUT2D eigenvalue weighted by Crippen LogP contribution is 2.52. The van der Waals surface area contributed by atoms with E-state index in [0.29, 0.717) is 9.58 Å². The lowest BCUT2D eigenvalue weighted by Crippen LogP contribution is -3.00. The van der Waals surface area contributed by atoms with Gasteiger partial charge in [0.05, 0.1) is 10.5 Å². The maximum absolute atomic E-state index is 13.2. The van der Waals surface area contributed by atoms with Gasteiger partial charge in [0.15, 0.2) is 9.58 Å². The molecule has 0 saturated heterocycles. The Morgan fingerprint density at radius 2 is 1.79 bits per heavy atom. The van der Waals surface area contributed by atoms with Gasteiger partial charge in [0.1, 0.15) is 0 Å². The van der Waals surface area contributed by atoms with Crippen molar-refractivity contribution in [3.05, 3.63) is 34.7 Å². The highest BCUT2D eigenvalue weighted by molar-refractivity contribution is 7.38. The van der Waals surface area contributed by atoms with Crippen LogP contribution in [0.1, 0.15) is 37.1 Å². The SMILES string of the molecule is CCc1ccc2c(c1)cc(C(C)C)[s+]2C(F)(F)F.[Br-]. The van der Waals surface area contributed by atoms with Gasteiger partial charge in [0, 0.05) is 17.4 Å². The summed E-state index contributed by atoms with van der Waals surface area (Å²) in [5, 5.41) is 0.749. The van der Waals surface area contributed by atoms with Crippen LogP contribution in [0.25, 0.3) is 10.1 Å². The molecule has 0 aliphatic carbocycles. The molecule has 0 aliphatic rings. The van der Waals surface area contributed by atoms with Crippen LogP contribution in [0.15, 0.2) is 24.3 Å². The summed E-state index contributed by atoms with van der Waals surface area (Å²) in [6.45, 7) is 5.65. The van der Waals surface area contributed by atoms with Crippen molar-refractivity contribution >= 4 is 20.6 Å². The van der Waals surface area contributed by atoms with Crippen molar-refractivity contribution in [2.75, 3.05) is 0 Å². The molecule has 0 amide bonds. The molecule has 0 bridgehead atoms. The van der Waals surface area contributed by atoms with Gasteiger partial charge in [0.2, 0.25) is 0 Å². The second-order valence-electron chi connectivity index (χ2n) is 4.68. The van der Waals surface area contributed by atoms with Gasteiger partial charge in [-0.2, -0.15) is 0 Å². The number of rotatable bonds is 2. The Kier molecular flexibility index (Phi) is 5.07. The first-order chi connectivity index (χ1) is 8.34. The fraction of sp³-hybridized carbons (Fsp3) is 0.429. The minimum absolute atomic E-state index is 0. The summed E-state index contributed by atoms with van der Waals surface area (Å²) >= 11 is 0. The van der Waals surface area contributed by atoms with Crippen LogP contribution in [0.4, 0.5) is 13.2 Å². The van der Waals surface area contributed by atoms with Crippen LogP contribution in [-0.4, -0.2) is 0 Å². The average molecular weight is 353 g/mol. The molecule has 1 aromatic heterocycles. The van der Waals surface area contributed by atoms with Crippen molar-refractivity contribution in [2.24, 2.45) is 0 Å². The summed E-state index contributed by atoms with van der Waals surface area (Å²) in [7, 11) is -1.74. The number of alkyl halides is 3. The molecule has 1 heterocycles. The van der Waals surface area contributed by atoms with Crippen molar-refractivity contribution in [3.63, 3.8) is 0 Å². The van der Waals surface area contributed by atoms with Crippen molar-refractivity contribution in [1.29, 1.82) is 0 Å². The van der Waals surface area contributed by atoms with E-state index in [-0.39, 0.29) is 22.9 Å². The lowest BCUT2D eigenvalue weighted by Gasteiger charge is -2.02. The van der Waals surface area contributed by atoms with Gasteiger partial charge >= 0.3 is 5.51 Å². The van der Waals surface area contributed by atoms with E-state index >= 15 is 0 Å². The lowest BCUT2D eigenvalue weighted by molar-refractivity contribution is -0.0868. The summed E-state index contributed by atoms with van der Waals surface area (Å²) in [6, 6.07) is 7.07. The minimum Gasteiger partial charge on any atom is -1.00 e. The molecule has 0 fully saturated rings. The number of fused-ring (bicyclic) bond motifs is 1. The molecule has 19 heavy (non-hydrogen) atoms.